The van der Waals surface area contributed by atoms with Crippen molar-refractivity contribution in [3.05, 3.63) is 24.3 Å². The molecular formula is C18H30N2O3. The number of nitrogens with one attached hydrogen (secondary N) is 1. The van der Waals surface area contributed by atoms with Crippen LogP contribution in [0.4, 0.5) is 0 Å². The maximum Gasteiger partial charge on any atom is 0.220 e. The van der Waals surface area contributed by atoms with Crippen LogP contribution in [-0.2, 0) is 4.79 Å². The zero-order chi connectivity index (χ0) is 17.3. The molecule has 0 saturated heterocycles. The van der Waals surface area contributed by atoms with Crippen molar-refractivity contribution in [1.82, 2.24) is 5.32 Å². The Hall–Kier alpha value is -1.75. The van der Waals surface area contributed by atoms with Gasteiger partial charge in [-0.2, -0.15) is 0 Å². The van der Waals surface area contributed by atoms with Crippen LogP contribution < -0.4 is 20.5 Å². The van der Waals surface area contributed by atoms with Gasteiger partial charge in [0.05, 0.1) is 18.8 Å². The summed E-state index contributed by atoms with van der Waals surface area (Å²) in [7, 11) is 0. The minimum absolute atomic E-state index is 0.00773. The molecule has 1 aromatic rings. The Labute approximate surface area is 139 Å². The number of hydrogen-bond acceptors (Lipinski definition) is 4. The van der Waals surface area contributed by atoms with Gasteiger partial charge in [-0.1, -0.05) is 26.0 Å². The highest BCUT2D eigenvalue weighted by atomic mass is 16.5. The van der Waals surface area contributed by atoms with Crippen LogP contribution >= 0.6 is 0 Å². The molecule has 5 nitrogen and oxygen atoms in total. The highest BCUT2D eigenvalue weighted by Gasteiger charge is 2.28. The average molecular weight is 322 g/mol. The molecule has 0 bridgehead atoms. The highest BCUT2D eigenvalue weighted by molar-refractivity contribution is 5.76. The summed E-state index contributed by atoms with van der Waals surface area (Å²) in [6, 6.07) is 7.56. The molecule has 0 heterocycles. The van der Waals surface area contributed by atoms with E-state index in [0.717, 1.165) is 5.75 Å². The van der Waals surface area contributed by atoms with Crippen molar-refractivity contribution in [2.24, 2.45) is 11.7 Å². The van der Waals surface area contributed by atoms with Gasteiger partial charge in [-0.25, -0.2) is 0 Å². The van der Waals surface area contributed by atoms with Crippen molar-refractivity contribution in [2.45, 2.75) is 46.1 Å². The maximum absolute atomic E-state index is 12.1. The molecule has 23 heavy (non-hydrogen) atoms. The molecule has 0 aliphatic rings. The molecule has 1 aromatic carbocycles. The Morgan fingerprint density at radius 2 is 1.87 bits per heavy atom. The normalized spacial score (nSPS) is 13.5. The summed E-state index contributed by atoms with van der Waals surface area (Å²) in [5.41, 5.74) is 5.42. The minimum atomic E-state index is -0.362. The molecule has 0 saturated carbocycles. The van der Waals surface area contributed by atoms with E-state index in [4.69, 9.17) is 15.2 Å². The van der Waals surface area contributed by atoms with Crippen molar-refractivity contribution in [3.63, 3.8) is 0 Å². The standard InChI is InChI=1S/C18H30N2O3/c1-5-22-15-9-6-7-10-16(15)23-12-8-11-17(21)20-18(4,13-19)14(2)3/h6-7,9-10,14H,5,8,11-13,19H2,1-4H3,(H,20,21). The van der Waals surface area contributed by atoms with E-state index in [2.05, 4.69) is 19.2 Å². The van der Waals surface area contributed by atoms with Crippen LogP contribution in [0.1, 0.15) is 40.5 Å². The van der Waals surface area contributed by atoms with Gasteiger partial charge in [0, 0.05) is 13.0 Å². The minimum Gasteiger partial charge on any atom is -0.490 e. The van der Waals surface area contributed by atoms with E-state index in [1.165, 1.54) is 0 Å². The molecule has 1 rings (SSSR count). The molecule has 0 fully saturated rings. The Bertz CT molecular complexity index is 491. The molecule has 0 aliphatic heterocycles. The Morgan fingerprint density at radius 1 is 1.26 bits per heavy atom. The SMILES string of the molecule is CCOc1ccccc1OCCCC(=O)NC(C)(CN)C(C)C. The van der Waals surface area contributed by atoms with E-state index >= 15 is 0 Å². The van der Waals surface area contributed by atoms with E-state index in [1.54, 1.807) is 0 Å². The van der Waals surface area contributed by atoms with Crippen LogP contribution in [0.25, 0.3) is 0 Å². The van der Waals surface area contributed by atoms with Crippen LogP contribution in [0.5, 0.6) is 11.5 Å². The van der Waals surface area contributed by atoms with Crippen molar-refractivity contribution in [1.29, 1.82) is 0 Å². The molecule has 130 valence electrons. The lowest BCUT2D eigenvalue weighted by atomic mass is 9.88. The third-order valence-corrected chi connectivity index (χ3v) is 4.08. The molecule has 0 spiro atoms. The van der Waals surface area contributed by atoms with Crippen LogP contribution in [-0.4, -0.2) is 31.2 Å². The van der Waals surface area contributed by atoms with Gasteiger partial charge in [0.2, 0.25) is 5.91 Å². The zero-order valence-corrected chi connectivity index (χ0v) is 14.7. The summed E-state index contributed by atoms with van der Waals surface area (Å²) in [4.78, 5) is 12.1. The highest BCUT2D eigenvalue weighted by Crippen LogP contribution is 2.26. The van der Waals surface area contributed by atoms with Crippen LogP contribution in [0.2, 0.25) is 0 Å². The summed E-state index contributed by atoms with van der Waals surface area (Å²) in [6.45, 7) is 9.51. The molecule has 1 amide bonds. The topological polar surface area (TPSA) is 73.6 Å². The summed E-state index contributed by atoms with van der Waals surface area (Å²) in [6.07, 6.45) is 1.06. The third kappa shape index (κ3) is 6.10. The molecule has 5 heteroatoms. The number of rotatable bonds is 10. The van der Waals surface area contributed by atoms with E-state index in [-0.39, 0.29) is 17.4 Å². The first-order chi connectivity index (χ1) is 10.9. The predicted octanol–water partition coefficient (Wildman–Crippen LogP) is 2.73. The Balaban J connectivity index is 2.39. The summed E-state index contributed by atoms with van der Waals surface area (Å²) < 4.78 is 11.2. The predicted molar refractivity (Wildman–Crippen MR) is 92.8 cm³/mol. The molecule has 0 aromatic heterocycles. The monoisotopic (exact) mass is 322 g/mol. The first-order valence-corrected chi connectivity index (χ1v) is 8.28. The van der Waals surface area contributed by atoms with Gasteiger partial charge >= 0.3 is 0 Å². The van der Waals surface area contributed by atoms with Gasteiger partial charge in [0.1, 0.15) is 0 Å². The smallest absolute Gasteiger partial charge is 0.220 e. The van der Waals surface area contributed by atoms with Crippen molar-refractivity contribution in [3.8, 4) is 11.5 Å². The van der Waals surface area contributed by atoms with Crippen molar-refractivity contribution < 1.29 is 14.3 Å². The van der Waals surface area contributed by atoms with Crippen molar-refractivity contribution >= 4 is 5.91 Å². The second kappa shape index (κ2) is 9.40. The lowest BCUT2D eigenvalue weighted by Crippen LogP contribution is -2.55. The molecule has 0 radical (unpaired) electrons. The van der Waals surface area contributed by atoms with Crippen LogP contribution in [0.15, 0.2) is 24.3 Å². The second-order valence-electron chi connectivity index (χ2n) is 6.16. The molecular weight excluding hydrogens is 292 g/mol. The number of hydrogen-bond donors (Lipinski definition) is 2. The van der Waals surface area contributed by atoms with Gasteiger partial charge in [-0.15, -0.1) is 0 Å². The number of ether oxygens (including phenoxy) is 2. The third-order valence-electron chi connectivity index (χ3n) is 4.08. The number of nitrogens with two attached hydrogens (primary N) is 1. The van der Waals surface area contributed by atoms with E-state index in [9.17, 15) is 4.79 Å². The average Bonchev–Trinajstić information content (AvgIpc) is 2.53. The number of benzene rings is 1. The zero-order valence-electron chi connectivity index (χ0n) is 14.7. The number of carbonyl (C=O) groups excluding carboxylic acids is 1. The first-order valence-electron chi connectivity index (χ1n) is 8.28. The molecule has 3 N–H and O–H groups in total. The fourth-order valence-corrected chi connectivity index (χ4v) is 2.07. The summed E-state index contributed by atoms with van der Waals surface area (Å²) in [5, 5.41) is 3.03. The first kappa shape index (κ1) is 19.3. The molecule has 1 unspecified atom stereocenters. The lowest BCUT2D eigenvalue weighted by molar-refractivity contribution is -0.123. The number of amides is 1. The summed E-state index contributed by atoms with van der Waals surface area (Å²) in [5.74, 6) is 1.73. The fraction of sp³-hybridized carbons (Fsp3) is 0.611. The molecule has 1 atom stereocenters. The van der Waals surface area contributed by atoms with Gasteiger partial charge in [0.15, 0.2) is 11.5 Å². The Morgan fingerprint density at radius 3 is 2.39 bits per heavy atom. The van der Waals surface area contributed by atoms with Crippen LogP contribution in [0, 0.1) is 5.92 Å². The van der Waals surface area contributed by atoms with E-state index < -0.39 is 0 Å². The summed E-state index contributed by atoms with van der Waals surface area (Å²) >= 11 is 0. The van der Waals surface area contributed by atoms with Gasteiger partial charge in [-0.05, 0) is 38.3 Å². The van der Waals surface area contributed by atoms with Gasteiger partial charge in [0.25, 0.3) is 0 Å². The van der Waals surface area contributed by atoms with E-state index in [0.29, 0.717) is 38.3 Å². The number of carbonyl (C=O) groups is 1. The quantitative estimate of drug-likeness (QED) is 0.650. The molecule has 0 aliphatic carbocycles. The van der Waals surface area contributed by atoms with E-state index in [1.807, 2.05) is 38.1 Å². The van der Waals surface area contributed by atoms with Gasteiger partial charge < -0.3 is 20.5 Å². The van der Waals surface area contributed by atoms with Gasteiger partial charge in [-0.3, -0.25) is 4.79 Å². The lowest BCUT2D eigenvalue weighted by Gasteiger charge is -2.33. The second-order valence-corrected chi connectivity index (χ2v) is 6.16. The maximum atomic E-state index is 12.1. The van der Waals surface area contributed by atoms with Crippen LogP contribution in [0.3, 0.4) is 0 Å². The fourth-order valence-electron chi connectivity index (χ4n) is 2.07. The number of para-hydroxylation sites is 2. The largest absolute Gasteiger partial charge is 0.490 e. The Kier molecular flexibility index (Phi) is 7.89. The van der Waals surface area contributed by atoms with Crippen molar-refractivity contribution in [2.75, 3.05) is 19.8 Å².